The van der Waals surface area contributed by atoms with Crippen molar-refractivity contribution < 1.29 is 18.1 Å². The molecule has 1 radical (unpaired) electrons. The van der Waals surface area contributed by atoms with E-state index in [1.54, 1.807) is 0 Å². The minimum atomic E-state index is -3.95. The molecular weight excluding hydrogens is 180 g/mol. The second-order valence-electron chi connectivity index (χ2n) is 2.65. The highest BCUT2D eigenvalue weighted by Crippen LogP contribution is 2.12. The van der Waals surface area contributed by atoms with E-state index in [9.17, 15) is 8.42 Å². The van der Waals surface area contributed by atoms with Crippen LogP contribution in [0, 0.1) is 6.92 Å². The van der Waals surface area contributed by atoms with Crippen molar-refractivity contribution in [2.45, 2.75) is 30.9 Å². The van der Waals surface area contributed by atoms with E-state index in [-0.39, 0.29) is 6.61 Å². The van der Waals surface area contributed by atoms with Crippen molar-refractivity contribution in [3.63, 3.8) is 0 Å². The van der Waals surface area contributed by atoms with Crippen LogP contribution < -0.4 is 0 Å². The van der Waals surface area contributed by atoms with Crippen molar-refractivity contribution in [3.8, 4) is 0 Å². The molecule has 1 atom stereocenters. The molecule has 0 saturated heterocycles. The van der Waals surface area contributed by atoms with Gasteiger partial charge in [0.15, 0.2) is 0 Å². The van der Waals surface area contributed by atoms with Crippen LogP contribution >= 0.6 is 0 Å². The SMILES string of the molecule is [CH2]CCC(CCCO)S(=O)(=O)O. The first-order chi connectivity index (χ1) is 5.52. The highest BCUT2D eigenvalue weighted by atomic mass is 32.2. The van der Waals surface area contributed by atoms with Crippen molar-refractivity contribution in [1.82, 2.24) is 0 Å². The topological polar surface area (TPSA) is 74.6 Å². The Labute approximate surface area is 73.4 Å². The summed E-state index contributed by atoms with van der Waals surface area (Å²) in [6.45, 7) is 3.46. The molecule has 73 valence electrons. The van der Waals surface area contributed by atoms with Crippen molar-refractivity contribution in [2.24, 2.45) is 0 Å². The lowest BCUT2D eigenvalue weighted by atomic mass is 10.1. The normalized spacial score (nSPS) is 14.6. The fourth-order valence-corrected chi connectivity index (χ4v) is 1.92. The highest BCUT2D eigenvalue weighted by molar-refractivity contribution is 7.86. The Balaban J connectivity index is 4.05. The van der Waals surface area contributed by atoms with Gasteiger partial charge in [-0.05, 0) is 19.3 Å². The molecule has 4 nitrogen and oxygen atoms in total. The first-order valence-electron chi connectivity index (χ1n) is 3.88. The molecule has 0 saturated carbocycles. The van der Waals surface area contributed by atoms with Gasteiger partial charge in [0.05, 0.1) is 5.25 Å². The van der Waals surface area contributed by atoms with E-state index in [4.69, 9.17) is 9.66 Å². The third-order valence-electron chi connectivity index (χ3n) is 1.63. The third kappa shape index (κ3) is 4.69. The average Bonchev–Trinajstić information content (AvgIpc) is 1.95. The van der Waals surface area contributed by atoms with Gasteiger partial charge >= 0.3 is 0 Å². The second-order valence-corrected chi connectivity index (χ2v) is 4.34. The largest absolute Gasteiger partial charge is 0.396 e. The van der Waals surface area contributed by atoms with Crippen LogP contribution in [-0.2, 0) is 10.1 Å². The van der Waals surface area contributed by atoms with E-state index < -0.39 is 15.4 Å². The summed E-state index contributed by atoms with van der Waals surface area (Å²) in [5, 5.41) is 7.70. The molecule has 0 aromatic carbocycles. The molecule has 0 fully saturated rings. The highest BCUT2D eigenvalue weighted by Gasteiger charge is 2.20. The fourth-order valence-electron chi connectivity index (χ4n) is 0.989. The summed E-state index contributed by atoms with van der Waals surface area (Å²) in [6.07, 6.45) is 1.50. The quantitative estimate of drug-likeness (QED) is 0.609. The van der Waals surface area contributed by atoms with Gasteiger partial charge in [0.1, 0.15) is 0 Å². The number of aliphatic hydroxyl groups is 1. The van der Waals surface area contributed by atoms with Crippen LogP contribution in [0.3, 0.4) is 0 Å². The van der Waals surface area contributed by atoms with E-state index in [1.165, 1.54) is 0 Å². The molecule has 0 aromatic rings. The first kappa shape index (κ1) is 11.9. The zero-order chi connectivity index (χ0) is 9.61. The maximum Gasteiger partial charge on any atom is 0.267 e. The molecule has 0 rings (SSSR count). The van der Waals surface area contributed by atoms with Crippen LogP contribution in [0.5, 0.6) is 0 Å². The van der Waals surface area contributed by atoms with Crippen molar-refractivity contribution in [3.05, 3.63) is 6.92 Å². The van der Waals surface area contributed by atoms with Crippen molar-refractivity contribution in [2.75, 3.05) is 6.61 Å². The number of rotatable bonds is 6. The van der Waals surface area contributed by atoms with Gasteiger partial charge in [-0.3, -0.25) is 4.55 Å². The number of hydrogen-bond acceptors (Lipinski definition) is 3. The Hall–Kier alpha value is -0.130. The molecule has 0 spiro atoms. The lowest BCUT2D eigenvalue weighted by Crippen LogP contribution is -2.20. The van der Waals surface area contributed by atoms with E-state index in [0.29, 0.717) is 25.7 Å². The molecule has 0 aliphatic heterocycles. The van der Waals surface area contributed by atoms with Crippen LogP contribution in [0.4, 0.5) is 0 Å². The zero-order valence-electron chi connectivity index (χ0n) is 6.94. The lowest BCUT2D eigenvalue weighted by Gasteiger charge is -2.10. The van der Waals surface area contributed by atoms with Gasteiger partial charge in [0.25, 0.3) is 10.1 Å². The molecule has 0 heterocycles. The molecule has 0 aliphatic carbocycles. The Morgan fingerprint density at radius 1 is 1.33 bits per heavy atom. The standard InChI is InChI=1S/C7H15O4S/c1-2-4-7(5-3-6-8)12(9,10)11/h7-8H,1-6H2,(H,9,10,11). The van der Waals surface area contributed by atoms with Crippen LogP contribution in [-0.4, -0.2) is 29.9 Å². The van der Waals surface area contributed by atoms with Crippen LogP contribution in [0.2, 0.25) is 0 Å². The Bertz CT molecular complexity index is 197. The molecule has 2 N–H and O–H groups in total. The van der Waals surface area contributed by atoms with Crippen LogP contribution in [0.1, 0.15) is 25.7 Å². The Morgan fingerprint density at radius 2 is 1.92 bits per heavy atom. The van der Waals surface area contributed by atoms with E-state index in [1.807, 2.05) is 0 Å². The molecule has 0 aromatic heterocycles. The summed E-state index contributed by atoms with van der Waals surface area (Å²) in [6, 6.07) is 0. The third-order valence-corrected chi connectivity index (χ3v) is 2.95. The van der Waals surface area contributed by atoms with Gasteiger partial charge in [-0.25, -0.2) is 0 Å². The zero-order valence-corrected chi connectivity index (χ0v) is 7.76. The van der Waals surface area contributed by atoms with Crippen molar-refractivity contribution in [1.29, 1.82) is 0 Å². The van der Waals surface area contributed by atoms with Gasteiger partial charge in [-0.15, -0.1) is 0 Å². The number of hydrogen-bond donors (Lipinski definition) is 2. The summed E-state index contributed by atoms with van der Waals surface area (Å²) in [5.74, 6) is 0. The summed E-state index contributed by atoms with van der Waals surface area (Å²) >= 11 is 0. The first-order valence-corrected chi connectivity index (χ1v) is 5.39. The molecule has 5 heteroatoms. The van der Waals surface area contributed by atoms with Crippen molar-refractivity contribution >= 4 is 10.1 Å². The minimum Gasteiger partial charge on any atom is -0.396 e. The average molecular weight is 195 g/mol. The summed E-state index contributed by atoms with van der Waals surface area (Å²) in [4.78, 5) is 0. The van der Waals surface area contributed by atoms with E-state index >= 15 is 0 Å². The smallest absolute Gasteiger partial charge is 0.267 e. The summed E-state index contributed by atoms with van der Waals surface area (Å²) in [7, 11) is -3.95. The Morgan fingerprint density at radius 3 is 2.25 bits per heavy atom. The predicted molar refractivity (Wildman–Crippen MR) is 46.2 cm³/mol. The molecule has 0 amide bonds. The van der Waals surface area contributed by atoms with Gasteiger partial charge in [0, 0.05) is 6.61 Å². The molecule has 1 unspecified atom stereocenters. The Kier molecular flexibility index (Phi) is 5.44. The second kappa shape index (κ2) is 5.50. The van der Waals surface area contributed by atoms with Crippen LogP contribution in [0.25, 0.3) is 0 Å². The monoisotopic (exact) mass is 195 g/mol. The van der Waals surface area contributed by atoms with E-state index in [0.717, 1.165) is 0 Å². The molecular formula is C7H15O4S. The maximum absolute atomic E-state index is 10.7. The minimum absolute atomic E-state index is 0.0524. The van der Waals surface area contributed by atoms with Crippen LogP contribution in [0.15, 0.2) is 0 Å². The fraction of sp³-hybridized carbons (Fsp3) is 0.857. The van der Waals surface area contributed by atoms with Gasteiger partial charge in [-0.2, -0.15) is 8.42 Å². The number of aliphatic hydroxyl groups excluding tert-OH is 1. The molecule has 0 aliphatic rings. The predicted octanol–water partition coefficient (Wildman–Crippen LogP) is 0.630. The van der Waals surface area contributed by atoms with E-state index in [2.05, 4.69) is 6.92 Å². The molecule has 12 heavy (non-hydrogen) atoms. The lowest BCUT2D eigenvalue weighted by molar-refractivity contribution is 0.282. The van der Waals surface area contributed by atoms with Gasteiger partial charge in [0.2, 0.25) is 0 Å². The molecule has 0 bridgehead atoms. The summed E-state index contributed by atoms with van der Waals surface area (Å²) in [5.41, 5.74) is 0. The maximum atomic E-state index is 10.7. The van der Waals surface area contributed by atoms with Gasteiger partial charge in [-0.1, -0.05) is 13.3 Å². The van der Waals surface area contributed by atoms with Gasteiger partial charge < -0.3 is 5.11 Å². The summed E-state index contributed by atoms with van der Waals surface area (Å²) < 4.78 is 30.0.